The van der Waals surface area contributed by atoms with Gasteiger partial charge in [-0.05, 0) is 73.9 Å². The number of rotatable bonds is 7. The van der Waals surface area contributed by atoms with Crippen LogP contribution in [0.25, 0.3) is 16.5 Å². The molecule has 3 saturated heterocycles. The number of halogens is 1. The molecule has 3 aromatic rings. The Kier molecular flexibility index (Phi) is 7.37. The highest BCUT2D eigenvalue weighted by Gasteiger charge is 2.31. The number of ether oxygens (including phenoxy) is 3. The molecule has 38 heavy (non-hydrogen) atoms. The molecule has 7 nitrogen and oxygen atoms in total. The van der Waals surface area contributed by atoms with E-state index in [2.05, 4.69) is 9.80 Å². The van der Waals surface area contributed by atoms with Crippen LogP contribution in [0.3, 0.4) is 0 Å². The first-order chi connectivity index (χ1) is 18.6. The standard InChI is InChI=1S/C30H36FN3O4/c1-36-24-10-13-32(14-11-24)23-9-12-33(19-23)29-7-4-22(18-28(29)31)34-15-8-21-17-25(5-6-27(21)30(34)35)38-20-26-3-2-16-37-26/h4-8,15,17-18,23-24,26H,2-3,9-14,16,19-20H2,1H3/t23?,26-/m1/s1. The molecular weight excluding hydrogens is 485 g/mol. The molecule has 0 spiro atoms. The van der Waals surface area contributed by atoms with E-state index < -0.39 is 0 Å². The van der Waals surface area contributed by atoms with Crippen LogP contribution in [0.4, 0.5) is 10.1 Å². The zero-order valence-electron chi connectivity index (χ0n) is 22.0. The molecule has 6 rings (SSSR count). The predicted octanol–water partition coefficient (Wildman–Crippen LogP) is 4.38. The quantitative estimate of drug-likeness (QED) is 0.460. The number of fused-ring (bicyclic) bond motifs is 1. The highest BCUT2D eigenvalue weighted by atomic mass is 19.1. The predicted molar refractivity (Wildman–Crippen MR) is 146 cm³/mol. The summed E-state index contributed by atoms with van der Waals surface area (Å²) in [5.41, 5.74) is 0.945. The van der Waals surface area contributed by atoms with Gasteiger partial charge in [-0.15, -0.1) is 0 Å². The number of benzene rings is 2. The fourth-order valence-electron chi connectivity index (χ4n) is 6.12. The number of likely N-dealkylation sites (tertiary alicyclic amines) is 1. The molecule has 2 aromatic carbocycles. The van der Waals surface area contributed by atoms with E-state index >= 15 is 4.39 Å². The van der Waals surface area contributed by atoms with E-state index in [1.54, 1.807) is 19.4 Å². The minimum Gasteiger partial charge on any atom is -0.491 e. The third-order valence-electron chi connectivity index (χ3n) is 8.38. The van der Waals surface area contributed by atoms with Crippen molar-refractivity contribution in [2.75, 3.05) is 51.4 Å². The summed E-state index contributed by atoms with van der Waals surface area (Å²) in [6, 6.07) is 12.9. The molecule has 3 aliphatic heterocycles. The molecule has 3 fully saturated rings. The summed E-state index contributed by atoms with van der Waals surface area (Å²) in [7, 11) is 1.79. The van der Waals surface area contributed by atoms with Crippen LogP contribution in [0.5, 0.6) is 5.75 Å². The summed E-state index contributed by atoms with van der Waals surface area (Å²) in [4.78, 5) is 17.9. The highest BCUT2D eigenvalue weighted by molar-refractivity contribution is 5.83. The zero-order valence-corrected chi connectivity index (χ0v) is 22.0. The lowest BCUT2D eigenvalue weighted by atomic mass is 10.1. The lowest BCUT2D eigenvalue weighted by molar-refractivity contribution is 0.0301. The summed E-state index contributed by atoms with van der Waals surface area (Å²) in [5.74, 6) is 0.415. The smallest absolute Gasteiger partial charge is 0.262 e. The first kappa shape index (κ1) is 25.3. The minimum atomic E-state index is -0.300. The third kappa shape index (κ3) is 5.17. The van der Waals surface area contributed by atoms with E-state index in [1.165, 1.54) is 10.6 Å². The largest absolute Gasteiger partial charge is 0.491 e. The average molecular weight is 522 g/mol. The van der Waals surface area contributed by atoms with E-state index in [9.17, 15) is 4.79 Å². The number of methoxy groups -OCH3 is 1. The number of hydrogen-bond donors (Lipinski definition) is 0. The van der Waals surface area contributed by atoms with Gasteiger partial charge in [0, 0.05) is 63.6 Å². The molecule has 2 atom stereocenters. The van der Waals surface area contributed by atoms with Crippen LogP contribution in [0, 0.1) is 5.82 Å². The summed E-state index contributed by atoms with van der Waals surface area (Å²) in [6.07, 6.45) is 7.43. The maximum Gasteiger partial charge on any atom is 0.262 e. The summed E-state index contributed by atoms with van der Waals surface area (Å²) >= 11 is 0. The number of pyridine rings is 1. The van der Waals surface area contributed by atoms with E-state index in [0.29, 0.717) is 41.3 Å². The normalized spacial score (nSPS) is 22.9. The summed E-state index contributed by atoms with van der Waals surface area (Å²) < 4.78 is 33.9. The molecule has 3 aliphatic rings. The maximum atomic E-state index is 15.4. The van der Waals surface area contributed by atoms with Crippen molar-refractivity contribution in [3.63, 3.8) is 0 Å². The summed E-state index contributed by atoms with van der Waals surface area (Å²) in [6.45, 7) is 5.02. The zero-order chi connectivity index (χ0) is 26.1. The molecule has 202 valence electrons. The molecule has 0 bridgehead atoms. The Morgan fingerprint density at radius 2 is 1.89 bits per heavy atom. The summed E-state index contributed by atoms with van der Waals surface area (Å²) in [5, 5.41) is 1.37. The van der Waals surface area contributed by atoms with Crippen molar-refractivity contribution in [2.45, 2.75) is 50.4 Å². The topological polar surface area (TPSA) is 56.2 Å². The lowest BCUT2D eigenvalue weighted by Gasteiger charge is -2.35. The van der Waals surface area contributed by atoms with Crippen molar-refractivity contribution in [3.05, 3.63) is 64.8 Å². The van der Waals surface area contributed by atoms with Crippen molar-refractivity contribution in [3.8, 4) is 11.4 Å². The maximum absolute atomic E-state index is 15.4. The lowest BCUT2D eigenvalue weighted by Crippen LogP contribution is -2.44. The number of piperidine rings is 1. The van der Waals surface area contributed by atoms with E-state index in [4.69, 9.17) is 14.2 Å². The Morgan fingerprint density at radius 1 is 1.03 bits per heavy atom. The van der Waals surface area contributed by atoms with Gasteiger partial charge in [-0.2, -0.15) is 0 Å². The van der Waals surface area contributed by atoms with Crippen molar-refractivity contribution in [2.24, 2.45) is 0 Å². The monoisotopic (exact) mass is 521 g/mol. The fraction of sp³-hybridized carbons (Fsp3) is 0.500. The Balaban J connectivity index is 1.15. The van der Waals surface area contributed by atoms with Crippen molar-refractivity contribution in [1.82, 2.24) is 9.47 Å². The van der Waals surface area contributed by atoms with Gasteiger partial charge in [-0.3, -0.25) is 14.3 Å². The number of hydrogen-bond acceptors (Lipinski definition) is 6. The minimum absolute atomic E-state index is 0.136. The molecule has 0 aliphatic carbocycles. The van der Waals surface area contributed by atoms with E-state index in [0.717, 1.165) is 70.3 Å². The molecule has 1 aromatic heterocycles. The molecule has 4 heterocycles. The van der Waals surface area contributed by atoms with Crippen LogP contribution >= 0.6 is 0 Å². The van der Waals surface area contributed by atoms with Crippen molar-refractivity contribution < 1.29 is 18.6 Å². The van der Waals surface area contributed by atoms with Gasteiger partial charge in [-0.1, -0.05) is 0 Å². The Morgan fingerprint density at radius 3 is 2.66 bits per heavy atom. The Bertz CT molecular complexity index is 1330. The van der Waals surface area contributed by atoms with Crippen LogP contribution in [-0.2, 0) is 9.47 Å². The van der Waals surface area contributed by atoms with E-state index in [-0.39, 0.29) is 17.5 Å². The number of aromatic nitrogens is 1. The van der Waals surface area contributed by atoms with Crippen LogP contribution in [-0.4, -0.2) is 74.2 Å². The van der Waals surface area contributed by atoms with Gasteiger partial charge in [-0.25, -0.2) is 4.39 Å². The van der Waals surface area contributed by atoms with E-state index in [1.807, 2.05) is 30.3 Å². The molecule has 0 amide bonds. The second-order valence-corrected chi connectivity index (χ2v) is 10.7. The first-order valence-electron chi connectivity index (χ1n) is 13.8. The Hall–Kier alpha value is -2.94. The SMILES string of the molecule is COC1CCN(C2CCN(c3ccc(-n4ccc5cc(OC[C@H]6CCCO6)ccc5c4=O)cc3F)C2)CC1. The highest BCUT2D eigenvalue weighted by Crippen LogP contribution is 2.29. The number of anilines is 1. The molecule has 0 N–H and O–H groups in total. The third-order valence-corrected chi connectivity index (χ3v) is 8.38. The van der Waals surface area contributed by atoms with Gasteiger partial charge in [0.2, 0.25) is 0 Å². The van der Waals surface area contributed by atoms with Crippen LogP contribution < -0.4 is 15.2 Å². The number of nitrogens with zero attached hydrogens (tertiary/aromatic N) is 3. The van der Waals surface area contributed by atoms with Gasteiger partial charge in [0.25, 0.3) is 5.56 Å². The van der Waals surface area contributed by atoms with Crippen molar-refractivity contribution >= 4 is 16.5 Å². The molecule has 8 heteroatoms. The van der Waals surface area contributed by atoms with Gasteiger partial charge >= 0.3 is 0 Å². The molecule has 1 unspecified atom stereocenters. The molecular formula is C30H36FN3O4. The Labute approximate surface area is 222 Å². The van der Waals surface area contributed by atoms with Gasteiger partial charge in [0.05, 0.1) is 23.6 Å². The van der Waals surface area contributed by atoms with Crippen LogP contribution in [0.1, 0.15) is 32.1 Å². The molecule has 0 saturated carbocycles. The van der Waals surface area contributed by atoms with Gasteiger partial charge < -0.3 is 19.1 Å². The second kappa shape index (κ2) is 11.0. The fourth-order valence-corrected chi connectivity index (χ4v) is 6.12. The van der Waals surface area contributed by atoms with Crippen LogP contribution in [0.15, 0.2) is 53.5 Å². The first-order valence-corrected chi connectivity index (χ1v) is 13.8. The van der Waals surface area contributed by atoms with Crippen LogP contribution in [0.2, 0.25) is 0 Å². The second-order valence-electron chi connectivity index (χ2n) is 10.7. The van der Waals surface area contributed by atoms with Gasteiger partial charge in [0.15, 0.2) is 0 Å². The van der Waals surface area contributed by atoms with Crippen molar-refractivity contribution in [1.29, 1.82) is 0 Å². The molecule has 0 radical (unpaired) electrons. The van der Waals surface area contributed by atoms with Gasteiger partial charge in [0.1, 0.15) is 18.2 Å². The average Bonchev–Trinajstić information content (AvgIpc) is 3.65.